The Hall–Kier alpha value is -1.91. The molecule has 90 valence electrons. The van der Waals surface area contributed by atoms with Crippen LogP contribution in [-0.4, -0.2) is 23.8 Å². The summed E-state index contributed by atoms with van der Waals surface area (Å²) in [7, 11) is 1.85. The van der Waals surface area contributed by atoms with E-state index in [4.69, 9.17) is 0 Å². The molecule has 0 heterocycles. The average Bonchev–Trinajstić information content (AvgIpc) is 3.10. The van der Waals surface area contributed by atoms with Crippen molar-refractivity contribution in [3.8, 4) is 0 Å². The van der Waals surface area contributed by atoms with Crippen molar-refractivity contribution in [3.05, 3.63) is 33.9 Å². The van der Waals surface area contributed by atoms with Gasteiger partial charge in [-0.05, 0) is 31.9 Å². The fourth-order valence-electron chi connectivity index (χ4n) is 1.85. The van der Waals surface area contributed by atoms with E-state index >= 15 is 0 Å². The Balaban J connectivity index is 2.43. The number of nitro groups is 1. The van der Waals surface area contributed by atoms with Crippen molar-refractivity contribution in [1.82, 2.24) is 0 Å². The summed E-state index contributed by atoms with van der Waals surface area (Å²) in [6, 6.07) is 5.06. The van der Waals surface area contributed by atoms with Crippen molar-refractivity contribution in [2.24, 2.45) is 0 Å². The molecule has 0 bridgehead atoms. The van der Waals surface area contributed by atoms with Gasteiger partial charge in [-0.2, -0.15) is 0 Å². The van der Waals surface area contributed by atoms with Crippen LogP contribution in [0, 0.1) is 10.1 Å². The Kier molecular flexibility index (Phi) is 2.83. The molecular weight excluding hydrogens is 220 g/mol. The number of benzene rings is 1. The molecule has 1 saturated carbocycles. The maximum Gasteiger partial charge on any atom is 0.293 e. The highest BCUT2D eigenvalue weighted by atomic mass is 16.6. The van der Waals surface area contributed by atoms with Gasteiger partial charge in [0.1, 0.15) is 5.69 Å². The summed E-state index contributed by atoms with van der Waals surface area (Å²) in [6.07, 6.45) is 2.14. The maximum absolute atomic E-state index is 11.2. The van der Waals surface area contributed by atoms with Crippen LogP contribution in [-0.2, 0) is 0 Å². The molecule has 1 aromatic rings. The number of Topliss-reactive ketones (excluding diaryl/α,β-unsaturated/α-hetero) is 1. The van der Waals surface area contributed by atoms with Gasteiger partial charge in [-0.25, -0.2) is 0 Å². The highest BCUT2D eigenvalue weighted by molar-refractivity contribution is 5.95. The van der Waals surface area contributed by atoms with E-state index in [2.05, 4.69) is 0 Å². The summed E-state index contributed by atoms with van der Waals surface area (Å²) in [5.41, 5.74) is 0.972. The molecule has 2 rings (SSSR count). The number of ketones is 1. The topological polar surface area (TPSA) is 63.5 Å². The largest absolute Gasteiger partial charge is 0.366 e. The molecule has 1 fully saturated rings. The minimum Gasteiger partial charge on any atom is -0.366 e. The van der Waals surface area contributed by atoms with Crippen LogP contribution in [0.2, 0.25) is 0 Å². The summed E-state index contributed by atoms with van der Waals surface area (Å²) in [4.78, 5) is 23.7. The third-order valence-corrected chi connectivity index (χ3v) is 3.05. The summed E-state index contributed by atoms with van der Waals surface area (Å²) in [5, 5.41) is 11.0. The van der Waals surface area contributed by atoms with Crippen molar-refractivity contribution in [2.75, 3.05) is 11.9 Å². The first-order valence-electron chi connectivity index (χ1n) is 5.53. The number of carbonyl (C=O) groups excluding carboxylic acids is 1. The predicted octanol–water partition coefficient (Wildman–Crippen LogP) is 2.40. The zero-order valence-corrected chi connectivity index (χ0v) is 9.84. The lowest BCUT2D eigenvalue weighted by molar-refractivity contribution is -0.384. The Bertz CT molecular complexity index is 481. The molecule has 17 heavy (non-hydrogen) atoms. The number of nitrogens with zero attached hydrogens (tertiary/aromatic N) is 2. The Morgan fingerprint density at radius 2 is 2.12 bits per heavy atom. The molecule has 1 aromatic carbocycles. The van der Waals surface area contributed by atoms with Crippen LogP contribution < -0.4 is 4.90 Å². The molecule has 0 aromatic heterocycles. The fourth-order valence-corrected chi connectivity index (χ4v) is 1.85. The molecule has 0 aliphatic heterocycles. The smallest absolute Gasteiger partial charge is 0.293 e. The van der Waals surface area contributed by atoms with Gasteiger partial charge >= 0.3 is 0 Å². The molecule has 1 aliphatic rings. The first kappa shape index (κ1) is 11.6. The summed E-state index contributed by atoms with van der Waals surface area (Å²) in [6.45, 7) is 1.41. The third-order valence-electron chi connectivity index (χ3n) is 3.05. The molecule has 0 radical (unpaired) electrons. The number of nitro benzene ring substituents is 1. The van der Waals surface area contributed by atoms with Gasteiger partial charge in [0.25, 0.3) is 5.69 Å². The molecule has 0 unspecified atom stereocenters. The van der Waals surface area contributed by atoms with E-state index in [1.807, 2.05) is 11.9 Å². The van der Waals surface area contributed by atoms with Gasteiger partial charge in [0, 0.05) is 24.7 Å². The SMILES string of the molecule is CC(=O)c1ccc(N(C)C2CC2)c([N+](=O)[O-])c1. The standard InChI is InChI=1S/C12H14N2O3/c1-8(15)9-3-6-11(12(7-9)14(16)17)13(2)10-4-5-10/h3,6-7,10H,4-5H2,1-2H3. The minimum absolute atomic E-state index is 0.00657. The van der Waals surface area contributed by atoms with Crippen molar-refractivity contribution in [1.29, 1.82) is 0 Å². The molecular formula is C12H14N2O3. The lowest BCUT2D eigenvalue weighted by Gasteiger charge is -2.18. The average molecular weight is 234 g/mol. The zero-order valence-electron chi connectivity index (χ0n) is 9.84. The first-order valence-corrected chi connectivity index (χ1v) is 5.53. The van der Waals surface area contributed by atoms with Gasteiger partial charge in [0.05, 0.1) is 4.92 Å². The summed E-state index contributed by atoms with van der Waals surface area (Å²) < 4.78 is 0. The molecule has 0 atom stereocenters. The van der Waals surface area contributed by atoms with Crippen LogP contribution in [0.15, 0.2) is 18.2 Å². The molecule has 0 amide bonds. The van der Waals surface area contributed by atoms with Crippen LogP contribution in [0.5, 0.6) is 0 Å². The van der Waals surface area contributed by atoms with Crippen LogP contribution in [0.3, 0.4) is 0 Å². The summed E-state index contributed by atoms with van der Waals surface area (Å²) >= 11 is 0. The van der Waals surface area contributed by atoms with Crippen LogP contribution >= 0.6 is 0 Å². The normalized spacial score (nSPS) is 14.5. The van der Waals surface area contributed by atoms with Crippen molar-refractivity contribution in [3.63, 3.8) is 0 Å². The lowest BCUT2D eigenvalue weighted by Crippen LogP contribution is -2.20. The van der Waals surface area contributed by atoms with E-state index in [-0.39, 0.29) is 11.5 Å². The Morgan fingerprint density at radius 1 is 1.47 bits per heavy atom. The van der Waals surface area contributed by atoms with Gasteiger partial charge < -0.3 is 4.90 Å². The lowest BCUT2D eigenvalue weighted by atomic mass is 10.1. The number of hydrogen-bond acceptors (Lipinski definition) is 4. The number of hydrogen-bond donors (Lipinski definition) is 0. The number of rotatable bonds is 4. The van der Waals surface area contributed by atoms with E-state index in [9.17, 15) is 14.9 Å². The van der Waals surface area contributed by atoms with Crippen LogP contribution in [0.1, 0.15) is 30.1 Å². The van der Waals surface area contributed by atoms with E-state index < -0.39 is 4.92 Å². The third kappa shape index (κ3) is 2.27. The van der Waals surface area contributed by atoms with Crippen LogP contribution in [0.25, 0.3) is 0 Å². The van der Waals surface area contributed by atoms with Crippen molar-refractivity contribution < 1.29 is 9.72 Å². The van der Waals surface area contributed by atoms with Crippen LogP contribution in [0.4, 0.5) is 11.4 Å². The van der Waals surface area contributed by atoms with Gasteiger partial charge in [-0.3, -0.25) is 14.9 Å². The first-order chi connectivity index (χ1) is 8.00. The van der Waals surface area contributed by atoms with E-state index in [0.717, 1.165) is 12.8 Å². The second kappa shape index (κ2) is 4.16. The van der Waals surface area contributed by atoms with Gasteiger partial charge in [0.2, 0.25) is 0 Å². The molecule has 5 heteroatoms. The molecule has 5 nitrogen and oxygen atoms in total. The summed E-state index contributed by atoms with van der Waals surface area (Å²) in [5.74, 6) is -0.159. The fraction of sp³-hybridized carbons (Fsp3) is 0.417. The Labute approximate surface area is 99.2 Å². The van der Waals surface area contributed by atoms with E-state index in [1.165, 1.54) is 13.0 Å². The highest BCUT2D eigenvalue weighted by Crippen LogP contribution is 2.36. The van der Waals surface area contributed by atoms with E-state index in [0.29, 0.717) is 17.3 Å². The highest BCUT2D eigenvalue weighted by Gasteiger charge is 2.30. The van der Waals surface area contributed by atoms with Crippen molar-refractivity contribution >= 4 is 17.2 Å². The number of carbonyl (C=O) groups is 1. The predicted molar refractivity (Wildman–Crippen MR) is 64.5 cm³/mol. The zero-order chi connectivity index (χ0) is 12.6. The second-order valence-electron chi connectivity index (χ2n) is 4.36. The molecule has 0 N–H and O–H groups in total. The monoisotopic (exact) mass is 234 g/mol. The van der Waals surface area contributed by atoms with E-state index in [1.54, 1.807) is 12.1 Å². The van der Waals surface area contributed by atoms with Gasteiger partial charge in [-0.1, -0.05) is 0 Å². The Morgan fingerprint density at radius 3 is 2.59 bits per heavy atom. The molecule has 1 aliphatic carbocycles. The quantitative estimate of drug-likeness (QED) is 0.456. The van der Waals surface area contributed by atoms with Gasteiger partial charge in [-0.15, -0.1) is 0 Å². The molecule has 0 saturated heterocycles. The van der Waals surface area contributed by atoms with Gasteiger partial charge in [0.15, 0.2) is 5.78 Å². The second-order valence-corrected chi connectivity index (χ2v) is 4.36. The molecule has 0 spiro atoms. The van der Waals surface area contributed by atoms with Crippen molar-refractivity contribution in [2.45, 2.75) is 25.8 Å². The number of anilines is 1. The maximum atomic E-state index is 11.2. The minimum atomic E-state index is -0.430.